The van der Waals surface area contributed by atoms with Gasteiger partial charge in [0.05, 0.1) is 11.2 Å². The lowest BCUT2D eigenvalue weighted by Crippen LogP contribution is -2.41. The van der Waals surface area contributed by atoms with Gasteiger partial charge in [-0.3, -0.25) is 0 Å². The smallest absolute Gasteiger partial charge is 0.399 e. The van der Waals surface area contributed by atoms with Crippen molar-refractivity contribution in [2.45, 2.75) is 78.6 Å². The van der Waals surface area contributed by atoms with Gasteiger partial charge in [0, 0.05) is 31.5 Å². The van der Waals surface area contributed by atoms with E-state index in [2.05, 4.69) is 65.5 Å². The molecule has 1 aromatic rings. The Bertz CT molecular complexity index is 637. The van der Waals surface area contributed by atoms with Gasteiger partial charge in [0.25, 0.3) is 0 Å². The maximum atomic E-state index is 6.30. The van der Waals surface area contributed by atoms with Crippen molar-refractivity contribution in [3.63, 3.8) is 0 Å². The number of anilines is 1. The average molecular weight is 359 g/mol. The van der Waals surface area contributed by atoms with Gasteiger partial charge in [0.2, 0.25) is 0 Å². The minimum atomic E-state index is -0.318. The number of ether oxygens (including phenoxy) is 1. The summed E-state index contributed by atoms with van der Waals surface area (Å²) in [5.74, 6) is 0. The molecule has 2 saturated heterocycles. The predicted molar refractivity (Wildman–Crippen MR) is 108 cm³/mol. The van der Waals surface area contributed by atoms with E-state index in [0.717, 1.165) is 38.1 Å². The topological polar surface area (TPSA) is 30.9 Å². The molecule has 26 heavy (non-hydrogen) atoms. The normalized spacial score (nSPS) is 22.7. The molecule has 2 aliphatic rings. The molecule has 4 nitrogen and oxygen atoms in total. The van der Waals surface area contributed by atoms with E-state index in [1.165, 1.54) is 16.8 Å². The van der Waals surface area contributed by atoms with E-state index in [1.54, 1.807) is 0 Å². The number of hydrogen-bond acceptors (Lipinski definition) is 4. The molecule has 0 aromatic heterocycles. The first-order valence-corrected chi connectivity index (χ1v) is 9.97. The van der Waals surface area contributed by atoms with Crippen LogP contribution >= 0.6 is 0 Å². The fourth-order valence-electron chi connectivity index (χ4n) is 3.90. The first-order valence-electron chi connectivity index (χ1n) is 9.97. The molecule has 2 fully saturated rings. The molecule has 144 valence electrons. The number of hydrogen-bond donors (Lipinski definition) is 0. The highest BCUT2D eigenvalue weighted by atomic mass is 16.7. The van der Waals surface area contributed by atoms with E-state index < -0.39 is 0 Å². The molecule has 0 N–H and O–H groups in total. The molecule has 0 spiro atoms. The predicted octanol–water partition coefficient (Wildman–Crippen LogP) is 3.61. The van der Waals surface area contributed by atoms with Gasteiger partial charge >= 0.3 is 7.12 Å². The minimum absolute atomic E-state index is 0.313. The van der Waals surface area contributed by atoms with Crippen molar-refractivity contribution in [3.05, 3.63) is 23.3 Å². The standard InChI is InChI=1S/C21H34BNO3/c1-8-23(18-9-11-24-12-10-18)19-14-17(13-15(2)16(19)3)22-25-20(4,5)21(6,7)26-22/h13-14,18H,8-12H2,1-7H3. The summed E-state index contributed by atoms with van der Waals surface area (Å²) in [6, 6.07) is 5.04. The third kappa shape index (κ3) is 3.54. The summed E-state index contributed by atoms with van der Waals surface area (Å²) < 4.78 is 18.2. The monoisotopic (exact) mass is 359 g/mol. The Hall–Kier alpha value is -1.04. The molecule has 0 bridgehead atoms. The van der Waals surface area contributed by atoms with Crippen LogP contribution in [0.2, 0.25) is 0 Å². The Labute approximate surface area is 159 Å². The van der Waals surface area contributed by atoms with Crippen molar-refractivity contribution < 1.29 is 14.0 Å². The van der Waals surface area contributed by atoms with Crippen molar-refractivity contribution in [2.24, 2.45) is 0 Å². The van der Waals surface area contributed by atoms with Gasteiger partial charge in [0.1, 0.15) is 0 Å². The molecule has 1 aromatic carbocycles. The van der Waals surface area contributed by atoms with Crippen LogP contribution in [0, 0.1) is 13.8 Å². The molecular formula is C21H34BNO3. The maximum absolute atomic E-state index is 6.30. The van der Waals surface area contributed by atoms with Gasteiger partial charge in [-0.1, -0.05) is 6.07 Å². The number of nitrogens with zero attached hydrogens (tertiary/aromatic N) is 1. The van der Waals surface area contributed by atoms with E-state index in [1.807, 2.05) is 0 Å². The first kappa shape index (κ1) is 19.7. The van der Waals surface area contributed by atoms with Gasteiger partial charge in [-0.05, 0) is 84.0 Å². The molecule has 0 aliphatic carbocycles. The van der Waals surface area contributed by atoms with Crippen LogP contribution in [-0.4, -0.2) is 44.1 Å². The molecule has 0 saturated carbocycles. The Kier molecular flexibility index (Phi) is 5.44. The van der Waals surface area contributed by atoms with Crippen LogP contribution in [0.15, 0.2) is 12.1 Å². The van der Waals surface area contributed by atoms with Crippen molar-refractivity contribution in [2.75, 3.05) is 24.7 Å². The van der Waals surface area contributed by atoms with E-state index >= 15 is 0 Å². The fourth-order valence-corrected chi connectivity index (χ4v) is 3.90. The van der Waals surface area contributed by atoms with Crippen molar-refractivity contribution in [1.82, 2.24) is 0 Å². The third-order valence-electron chi connectivity index (χ3n) is 6.47. The van der Waals surface area contributed by atoms with Gasteiger partial charge in [0.15, 0.2) is 0 Å². The molecule has 0 unspecified atom stereocenters. The highest BCUT2D eigenvalue weighted by molar-refractivity contribution is 6.62. The fraction of sp³-hybridized carbons (Fsp3) is 0.714. The highest BCUT2D eigenvalue weighted by Gasteiger charge is 2.51. The Balaban J connectivity index is 1.95. The lowest BCUT2D eigenvalue weighted by Gasteiger charge is -2.37. The van der Waals surface area contributed by atoms with Crippen molar-refractivity contribution in [1.29, 1.82) is 0 Å². The summed E-state index contributed by atoms with van der Waals surface area (Å²) in [6.07, 6.45) is 2.18. The second-order valence-electron chi connectivity index (χ2n) is 8.70. The average Bonchev–Trinajstić information content (AvgIpc) is 2.81. The van der Waals surface area contributed by atoms with Gasteiger partial charge in [-0.25, -0.2) is 0 Å². The third-order valence-corrected chi connectivity index (χ3v) is 6.47. The van der Waals surface area contributed by atoms with Crippen molar-refractivity contribution in [3.8, 4) is 0 Å². The summed E-state index contributed by atoms with van der Waals surface area (Å²) >= 11 is 0. The van der Waals surface area contributed by atoms with Gasteiger partial charge in [-0.15, -0.1) is 0 Å². The van der Waals surface area contributed by atoms with Crippen LogP contribution in [0.3, 0.4) is 0 Å². The van der Waals surface area contributed by atoms with Crippen LogP contribution in [0.4, 0.5) is 5.69 Å². The first-order chi connectivity index (χ1) is 12.2. The number of rotatable bonds is 4. The molecule has 0 atom stereocenters. The lowest BCUT2D eigenvalue weighted by atomic mass is 9.77. The van der Waals surface area contributed by atoms with E-state index in [4.69, 9.17) is 14.0 Å². The highest BCUT2D eigenvalue weighted by Crippen LogP contribution is 2.37. The second-order valence-corrected chi connectivity index (χ2v) is 8.70. The largest absolute Gasteiger partial charge is 0.494 e. The zero-order chi connectivity index (χ0) is 19.1. The number of aryl methyl sites for hydroxylation is 1. The van der Waals surface area contributed by atoms with Crippen LogP contribution in [0.25, 0.3) is 0 Å². The van der Waals surface area contributed by atoms with Crippen LogP contribution in [0.1, 0.15) is 58.6 Å². The van der Waals surface area contributed by atoms with Crippen LogP contribution in [0.5, 0.6) is 0 Å². The van der Waals surface area contributed by atoms with E-state index in [-0.39, 0.29) is 18.3 Å². The zero-order valence-electron chi connectivity index (χ0n) is 17.5. The molecule has 2 aliphatic heterocycles. The SMILES string of the molecule is CCN(c1cc(B2OC(C)(C)C(C)(C)O2)cc(C)c1C)C1CCOCC1. The van der Waals surface area contributed by atoms with Gasteiger partial charge < -0.3 is 18.9 Å². The molecular weight excluding hydrogens is 325 g/mol. The van der Waals surface area contributed by atoms with Crippen LogP contribution < -0.4 is 10.4 Å². The molecule has 2 heterocycles. The summed E-state index contributed by atoms with van der Waals surface area (Å²) in [5, 5.41) is 0. The summed E-state index contributed by atoms with van der Waals surface area (Å²) in [7, 11) is -0.313. The molecule has 5 heteroatoms. The second kappa shape index (κ2) is 7.18. The minimum Gasteiger partial charge on any atom is -0.399 e. The molecule has 3 rings (SSSR count). The Morgan fingerprint density at radius 3 is 2.15 bits per heavy atom. The molecule has 0 radical (unpaired) electrons. The van der Waals surface area contributed by atoms with E-state index in [0.29, 0.717) is 6.04 Å². The van der Waals surface area contributed by atoms with Gasteiger partial charge in [-0.2, -0.15) is 0 Å². The van der Waals surface area contributed by atoms with E-state index in [9.17, 15) is 0 Å². The molecule has 0 amide bonds. The lowest BCUT2D eigenvalue weighted by molar-refractivity contribution is 0.00578. The number of benzene rings is 1. The Morgan fingerprint density at radius 2 is 1.62 bits per heavy atom. The summed E-state index contributed by atoms with van der Waals surface area (Å²) in [6.45, 7) is 17.8. The van der Waals surface area contributed by atoms with Crippen LogP contribution in [-0.2, 0) is 14.0 Å². The maximum Gasteiger partial charge on any atom is 0.494 e. The summed E-state index contributed by atoms with van der Waals surface area (Å²) in [4.78, 5) is 2.54. The quantitative estimate of drug-likeness (QED) is 0.769. The zero-order valence-corrected chi connectivity index (χ0v) is 17.5. The Morgan fingerprint density at radius 1 is 1.04 bits per heavy atom. The van der Waals surface area contributed by atoms with Crippen molar-refractivity contribution >= 4 is 18.3 Å². The summed E-state index contributed by atoms with van der Waals surface area (Å²) in [5.41, 5.74) is 4.43.